The van der Waals surface area contributed by atoms with Crippen LogP contribution in [0.4, 0.5) is 5.69 Å². The highest BCUT2D eigenvalue weighted by Gasteiger charge is 2.26. The third-order valence-electron chi connectivity index (χ3n) is 4.80. The Labute approximate surface area is 212 Å². The molecule has 0 saturated carbocycles. The summed E-state index contributed by atoms with van der Waals surface area (Å²) in [5, 5.41) is 2.74. The molecule has 0 spiro atoms. The number of benzene rings is 3. The Balaban J connectivity index is 1.73. The van der Waals surface area contributed by atoms with Gasteiger partial charge in [0.25, 0.3) is 0 Å². The van der Waals surface area contributed by atoms with E-state index in [1.807, 2.05) is 30.3 Å². The molecule has 0 aromatic heterocycles. The van der Waals surface area contributed by atoms with Gasteiger partial charge >= 0.3 is 5.97 Å². The van der Waals surface area contributed by atoms with Crippen LogP contribution in [0.3, 0.4) is 0 Å². The average molecular weight is 561 g/mol. The number of halogens is 1. The molecule has 0 unspecified atom stereocenters. The standard InChI is InChI=1S/C25H25BrN2O6S/c1-2-33-24(29)17-34-21-12-10-20(11-13-21)27-25(30)23(16-18-6-4-3-5-7-18)28-35(31,32)22-14-8-19(26)9-15-22/h3-15,23,28H,2,16-17H2,1H3,(H,27,30)/t23-/m0/s1. The highest BCUT2D eigenvalue weighted by molar-refractivity contribution is 9.10. The monoisotopic (exact) mass is 560 g/mol. The maximum Gasteiger partial charge on any atom is 0.344 e. The maximum absolute atomic E-state index is 13.1. The smallest absolute Gasteiger partial charge is 0.344 e. The summed E-state index contributed by atoms with van der Waals surface area (Å²) in [6.45, 7) is 1.75. The number of ether oxygens (including phenoxy) is 2. The van der Waals surface area contributed by atoms with Gasteiger partial charge in [-0.3, -0.25) is 4.79 Å². The Kier molecular flexibility index (Phi) is 9.41. The number of amides is 1. The van der Waals surface area contributed by atoms with Crippen molar-refractivity contribution in [2.75, 3.05) is 18.5 Å². The van der Waals surface area contributed by atoms with Crippen LogP contribution in [0.2, 0.25) is 0 Å². The highest BCUT2D eigenvalue weighted by atomic mass is 79.9. The van der Waals surface area contributed by atoms with Crippen molar-refractivity contribution in [3.8, 4) is 5.75 Å². The van der Waals surface area contributed by atoms with Crippen molar-refractivity contribution in [2.45, 2.75) is 24.3 Å². The Morgan fingerprint density at radius 3 is 2.23 bits per heavy atom. The second-order valence-electron chi connectivity index (χ2n) is 7.42. The number of carbonyl (C=O) groups excluding carboxylic acids is 2. The molecular weight excluding hydrogens is 536 g/mol. The van der Waals surface area contributed by atoms with Crippen LogP contribution in [-0.2, 0) is 30.8 Å². The van der Waals surface area contributed by atoms with E-state index in [0.717, 1.165) is 10.0 Å². The molecule has 8 nitrogen and oxygen atoms in total. The second-order valence-corrected chi connectivity index (χ2v) is 10.1. The predicted molar refractivity (Wildman–Crippen MR) is 136 cm³/mol. The number of esters is 1. The van der Waals surface area contributed by atoms with E-state index in [4.69, 9.17) is 9.47 Å². The Bertz CT molecular complexity index is 1230. The van der Waals surface area contributed by atoms with Crippen LogP contribution in [0, 0.1) is 0 Å². The van der Waals surface area contributed by atoms with Crippen LogP contribution in [0.1, 0.15) is 12.5 Å². The molecule has 0 fully saturated rings. The minimum Gasteiger partial charge on any atom is -0.482 e. The normalized spacial score (nSPS) is 11.9. The van der Waals surface area contributed by atoms with Gasteiger partial charge in [0.15, 0.2) is 6.61 Å². The van der Waals surface area contributed by atoms with Crippen molar-refractivity contribution in [3.05, 3.63) is 88.9 Å². The third kappa shape index (κ3) is 8.20. The summed E-state index contributed by atoms with van der Waals surface area (Å²) in [7, 11) is -3.96. The van der Waals surface area contributed by atoms with Gasteiger partial charge in [-0.05, 0) is 67.4 Å². The summed E-state index contributed by atoms with van der Waals surface area (Å²) in [5.41, 5.74) is 1.24. The summed E-state index contributed by atoms with van der Waals surface area (Å²) < 4.78 is 39.3. The zero-order valence-corrected chi connectivity index (χ0v) is 21.3. The van der Waals surface area contributed by atoms with E-state index in [0.29, 0.717) is 11.4 Å². The lowest BCUT2D eigenvalue weighted by molar-refractivity contribution is -0.145. The fourth-order valence-electron chi connectivity index (χ4n) is 3.12. The molecule has 3 rings (SSSR count). The third-order valence-corrected chi connectivity index (χ3v) is 6.82. The summed E-state index contributed by atoms with van der Waals surface area (Å²) >= 11 is 3.29. The number of sulfonamides is 1. The zero-order chi connectivity index (χ0) is 25.3. The van der Waals surface area contributed by atoms with Crippen molar-refractivity contribution >= 4 is 43.5 Å². The Hall–Kier alpha value is -3.21. The number of nitrogens with one attached hydrogen (secondary N) is 2. The number of anilines is 1. The largest absolute Gasteiger partial charge is 0.482 e. The van der Waals surface area contributed by atoms with Gasteiger partial charge in [-0.2, -0.15) is 4.72 Å². The molecule has 2 N–H and O–H groups in total. The SMILES string of the molecule is CCOC(=O)COc1ccc(NC(=O)[C@H](Cc2ccccc2)NS(=O)(=O)c2ccc(Br)cc2)cc1. The molecule has 10 heteroatoms. The molecule has 3 aromatic carbocycles. The Morgan fingerprint density at radius 1 is 0.943 bits per heavy atom. The predicted octanol–water partition coefficient (Wildman–Crippen LogP) is 3.92. The van der Waals surface area contributed by atoms with Crippen LogP contribution >= 0.6 is 15.9 Å². The first-order valence-electron chi connectivity index (χ1n) is 10.8. The van der Waals surface area contributed by atoms with E-state index in [-0.39, 0.29) is 24.5 Å². The fraction of sp³-hybridized carbons (Fsp3) is 0.200. The molecule has 1 amide bonds. The molecule has 184 valence electrons. The molecule has 0 aliphatic heterocycles. The van der Waals surface area contributed by atoms with Crippen molar-refractivity contribution in [2.24, 2.45) is 0 Å². The Morgan fingerprint density at radius 2 is 1.60 bits per heavy atom. The van der Waals surface area contributed by atoms with Crippen LogP contribution < -0.4 is 14.8 Å². The van der Waals surface area contributed by atoms with E-state index >= 15 is 0 Å². The molecule has 3 aromatic rings. The van der Waals surface area contributed by atoms with Gasteiger partial charge in [0.05, 0.1) is 11.5 Å². The quantitative estimate of drug-likeness (QED) is 0.344. The minimum atomic E-state index is -3.96. The van der Waals surface area contributed by atoms with Gasteiger partial charge in [-0.15, -0.1) is 0 Å². The molecule has 0 heterocycles. The molecule has 0 aliphatic carbocycles. The molecule has 35 heavy (non-hydrogen) atoms. The van der Waals surface area contributed by atoms with Gasteiger partial charge in [0.1, 0.15) is 11.8 Å². The van der Waals surface area contributed by atoms with Crippen molar-refractivity contribution < 1.29 is 27.5 Å². The summed E-state index contributed by atoms with van der Waals surface area (Å²) in [6.07, 6.45) is 0.156. The number of carbonyl (C=O) groups is 2. The van der Waals surface area contributed by atoms with Gasteiger partial charge in [0.2, 0.25) is 15.9 Å². The first-order valence-corrected chi connectivity index (χ1v) is 13.1. The van der Waals surface area contributed by atoms with E-state index in [9.17, 15) is 18.0 Å². The van der Waals surface area contributed by atoms with Gasteiger partial charge in [-0.25, -0.2) is 13.2 Å². The summed E-state index contributed by atoms with van der Waals surface area (Å²) in [6, 6.07) is 20.6. The maximum atomic E-state index is 13.1. The van der Waals surface area contributed by atoms with Crippen LogP contribution in [0.15, 0.2) is 88.2 Å². The molecule has 1 atom stereocenters. The number of hydrogen-bond acceptors (Lipinski definition) is 6. The van der Waals surface area contributed by atoms with Crippen molar-refractivity contribution in [1.82, 2.24) is 4.72 Å². The average Bonchev–Trinajstić information content (AvgIpc) is 2.84. The molecule has 0 radical (unpaired) electrons. The topological polar surface area (TPSA) is 111 Å². The first kappa shape index (κ1) is 26.4. The lowest BCUT2D eigenvalue weighted by atomic mass is 10.1. The summed E-state index contributed by atoms with van der Waals surface area (Å²) in [4.78, 5) is 24.6. The second kappa shape index (κ2) is 12.5. The molecular formula is C25H25BrN2O6S. The lowest BCUT2D eigenvalue weighted by Crippen LogP contribution is -2.45. The number of rotatable bonds is 11. The van der Waals surface area contributed by atoms with Crippen molar-refractivity contribution in [1.29, 1.82) is 0 Å². The van der Waals surface area contributed by atoms with Crippen LogP contribution in [0.25, 0.3) is 0 Å². The van der Waals surface area contributed by atoms with Gasteiger partial charge in [0, 0.05) is 10.2 Å². The van der Waals surface area contributed by atoms with Crippen LogP contribution in [-0.4, -0.2) is 39.5 Å². The zero-order valence-electron chi connectivity index (χ0n) is 18.9. The molecule has 0 bridgehead atoms. The van der Waals surface area contributed by atoms with E-state index in [1.54, 1.807) is 43.3 Å². The van der Waals surface area contributed by atoms with E-state index in [2.05, 4.69) is 26.0 Å². The molecule has 0 saturated heterocycles. The van der Waals surface area contributed by atoms with Crippen LogP contribution in [0.5, 0.6) is 5.75 Å². The van der Waals surface area contributed by atoms with Gasteiger partial charge in [-0.1, -0.05) is 46.3 Å². The highest BCUT2D eigenvalue weighted by Crippen LogP contribution is 2.18. The van der Waals surface area contributed by atoms with E-state index < -0.39 is 27.9 Å². The fourth-order valence-corrected chi connectivity index (χ4v) is 4.58. The van der Waals surface area contributed by atoms with E-state index in [1.165, 1.54) is 12.1 Å². The minimum absolute atomic E-state index is 0.0506. The lowest BCUT2D eigenvalue weighted by Gasteiger charge is -2.19. The van der Waals surface area contributed by atoms with Crippen molar-refractivity contribution in [3.63, 3.8) is 0 Å². The number of hydrogen-bond donors (Lipinski definition) is 2. The summed E-state index contributed by atoms with van der Waals surface area (Å²) in [5.74, 6) is -0.575. The van der Waals surface area contributed by atoms with Gasteiger partial charge < -0.3 is 14.8 Å². The first-order chi connectivity index (χ1) is 16.8. The molecule has 0 aliphatic rings.